The molecule has 1 unspecified atom stereocenters. The average Bonchev–Trinajstić information content (AvgIpc) is 2.24. The van der Waals surface area contributed by atoms with Gasteiger partial charge in [-0.2, -0.15) is 0 Å². The van der Waals surface area contributed by atoms with Crippen LogP contribution in [0.1, 0.15) is 45.7 Å². The van der Waals surface area contributed by atoms with Gasteiger partial charge in [0.15, 0.2) is 0 Å². The molecule has 0 amide bonds. The van der Waals surface area contributed by atoms with Crippen LogP contribution in [0.2, 0.25) is 0 Å². The van der Waals surface area contributed by atoms with Crippen LogP contribution in [-0.2, 0) is 10.3 Å². The lowest BCUT2D eigenvalue weighted by Crippen LogP contribution is -2.42. The Bertz CT molecular complexity index is 390. The summed E-state index contributed by atoms with van der Waals surface area (Å²) in [5.41, 5.74) is 8.09. The maximum Gasteiger partial charge on any atom is 0.0875 e. The van der Waals surface area contributed by atoms with E-state index in [0.717, 1.165) is 0 Å². The van der Waals surface area contributed by atoms with Gasteiger partial charge in [-0.1, -0.05) is 36.8 Å². The predicted octanol–water partition coefficient (Wildman–Crippen LogP) is 3.62. The number of aryl methyl sites for hydroxylation is 1. The lowest BCUT2D eigenvalue weighted by Gasteiger charge is -2.32. The minimum Gasteiger partial charge on any atom is -0.371 e. The molecule has 102 valence electrons. The van der Waals surface area contributed by atoms with E-state index in [-0.39, 0.29) is 11.1 Å². The van der Waals surface area contributed by atoms with Gasteiger partial charge in [-0.3, -0.25) is 0 Å². The third-order valence-electron chi connectivity index (χ3n) is 3.68. The standard InChI is InChI=1S/C16H27NO/c1-12-8-7-9-14(10-12)16(5,6)18-11-13(2)15(3,4)17/h7-10,13H,11,17H2,1-6H3. The molecule has 2 heteroatoms. The molecule has 0 aliphatic carbocycles. The van der Waals surface area contributed by atoms with E-state index in [2.05, 4.69) is 52.0 Å². The summed E-state index contributed by atoms with van der Waals surface area (Å²) in [4.78, 5) is 0. The minimum absolute atomic E-state index is 0.206. The summed E-state index contributed by atoms with van der Waals surface area (Å²) in [6, 6.07) is 8.47. The summed E-state index contributed by atoms with van der Waals surface area (Å²) in [5, 5.41) is 0. The van der Waals surface area contributed by atoms with Crippen molar-refractivity contribution in [3.05, 3.63) is 35.4 Å². The van der Waals surface area contributed by atoms with E-state index in [1.807, 2.05) is 13.8 Å². The Morgan fingerprint density at radius 3 is 2.33 bits per heavy atom. The van der Waals surface area contributed by atoms with Gasteiger partial charge in [0.05, 0.1) is 12.2 Å². The highest BCUT2D eigenvalue weighted by Gasteiger charge is 2.26. The maximum absolute atomic E-state index is 6.09. The van der Waals surface area contributed by atoms with Crippen LogP contribution in [-0.4, -0.2) is 12.1 Å². The molecule has 1 atom stereocenters. The molecule has 0 aromatic heterocycles. The van der Waals surface area contributed by atoms with Gasteiger partial charge < -0.3 is 10.5 Å². The lowest BCUT2D eigenvalue weighted by molar-refractivity contribution is -0.0459. The number of ether oxygens (including phenoxy) is 1. The lowest BCUT2D eigenvalue weighted by atomic mass is 9.90. The molecule has 0 spiro atoms. The molecule has 1 aromatic rings. The predicted molar refractivity (Wildman–Crippen MR) is 77.6 cm³/mol. The van der Waals surface area contributed by atoms with E-state index in [1.165, 1.54) is 11.1 Å². The van der Waals surface area contributed by atoms with Crippen molar-refractivity contribution in [2.45, 2.75) is 52.7 Å². The molecule has 1 rings (SSSR count). The van der Waals surface area contributed by atoms with E-state index in [9.17, 15) is 0 Å². The number of hydrogen-bond donors (Lipinski definition) is 1. The molecule has 0 saturated carbocycles. The zero-order valence-corrected chi connectivity index (χ0v) is 12.6. The normalized spacial score (nSPS) is 14.6. The first-order valence-corrected chi connectivity index (χ1v) is 6.63. The first-order chi connectivity index (χ1) is 8.13. The van der Waals surface area contributed by atoms with Gasteiger partial charge in [-0.15, -0.1) is 0 Å². The third-order valence-corrected chi connectivity index (χ3v) is 3.68. The Labute approximate surface area is 112 Å². The van der Waals surface area contributed by atoms with Crippen LogP contribution in [0.15, 0.2) is 24.3 Å². The Kier molecular flexibility index (Phi) is 4.57. The molecule has 2 N–H and O–H groups in total. The molecule has 1 aromatic carbocycles. The first kappa shape index (κ1) is 15.2. The van der Waals surface area contributed by atoms with Crippen molar-refractivity contribution in [3.8, 4) is 0 Å². The summed E-state index contributed by atoms with van der Waals surface area (Å²) in [7, 11) is 0. The average molecular weight is 249 g/mol. The van der Waals surface area contributed by atoms with Crippen molar-refractivity contribution >= 4 is 0 Å². The maximum atomic E-state index is 6.09. The van der Waals surface area contributed by atoms with Gasteiger partial charge in [-0.25, -0.2) is 0 Å². The summed E-state index contributed by atoms with van der Waals surface area (Å²) in [6.07, 6.45) is 0. The van der Waals surface area contributed by atoms with E-state index >= 15 is 0 Å². The van der Waals surface area contributed by atoms with Crippen LogP contribution in [0.4, 0.5) is 0 Å². The van der Waals surface area contributed by atoms with E-state index in [4.69, 9.17) is 10.5 Å². The van der Waals surface area contributed by atoms with Crippen LogP contribution in [0.3, 0.4) is 0 Å². The zero-order chi connectivity index (χ0) is 14.0. The molecule has 0 bridgehead atoms. The molecule has 0 aliphatic rings. The van der Waals surface area contributed by atoms with Crippen molar-refractivity contribution in [1.29, 1.82) is 0 Å². The molecular weight excluding hydrogens is 222 g/mol. The van der Waals surface area contributed by atoms with E-state index < -0.39 is 0 Å². The Morgan fingerprint density at radius 2 is 1.83 bits per heavy atom. The Hall–Kier alpha value is -0.860. The smallest absolute Gasteiger partial charge is 0.0875 e. The van der Waals surface area contributed by atoms with Gasteiger partial charge in [0.1, 0.15) is 0 Å². The quantitative estimate of drug-likeness (QED) is 0.865. The molecular formula is C16H27NO. The van der Waals surface area contributed by atoms with Gasteiger partial charge >= 0.3 is 0 Å². The second kappa shape index (κ2) is 5.41. The highest BCUT2D eigenvalue weighted by molar-refractivity contribution is 5.26. The molecule has 18 heavy (non-hydrogen) atoms. The van der Waals surface area contributed by atoms with Gasteiger partial charge in [0, 0.05) is 5.54 Å². The van der Waals surface area contributed by atoms with Crippen LogP contribution in [0, 0.1) is 12.8 Å². The van der Waals surface area contributed by atoms with E-state index in [1.54, 1.807) is 0 Å². The molecule has 0 aliphatic heterocycles. The molecule has 0 radical (unpaired) electrons. The van der Waals surface area contributed by atoms with Crippen molar-refractivity contribution < 1.29 is 4.74 Å². The Morgan fingerprint density at radius 1 is 1.22 bits per heavy atom. The van der Waals surface area contributed by atoms with Gasteiger partial charge in [0.25, 0.3) is 0 Å². The van der Waals surface area contributed by atoms with Crippen LogP contribution < -0.4 is 5.73 Å². The summed E-state index contributed by atoms with van der Waals surface area (Å²) in [6.45, 7) is 13.2. The summed E-state index contributed by atoms with van der Waals surface area (Å²) < 4.78 is 6.08. The summed E-state index contributed by atoms with van der Waals surface area (Å²) in [5.74, 6) is 0.321. The highest BCUT2D eigenvalue weighted by atomic mass is 16.5. The highest BCUT2D eigenvalue weighted by Crippen LogP contribution is 2.27. The zero-order valence-electron chi connectivity index (χ0n) is 12.6. The first-order valence-electron chi connectivity index (χ1n) is 6.63. The van der Waals surface area contributed by atoms with Crippen LogP contribution in [0.25, 0.3) is 0 Å². The fourth-order valence-corrected chi connectivity index (χ4v) is 1.65. The minimum atomic E-state index is -0.272. The fraction of sp³-hybridized carbons (Fsp3) is 0.625. The van der Waals surface area contributed by atoms with Crippen molar-refractivity contribution in [3.63, 3.8) is 0 Å². The largest absolute Gasteiger partial charge is 0.371 e. The second-order valence-corrected chi connectivity index (χ2v) is 6.41. The SMILES string of the molecule is Cc1cccc(C(C)(C)OCC(C)C(C)(C)N)c1. The van der Waals surface area contributed by atoms with Crippen LogP contribution in [0.5, 0.6) is 0 Å². The molecule has 0 heterocycles. The Balaban J connectivity index is 2.71. The topological polar surface area (TPSA) is 35.2 Å². The van der Waals surface area contributed by atoms with Crippen molar-refractivity contribution in [2.24, 2.45) is 11.7 Å². The van der Waals surface area contributed by atoms with Crippen molar-refractivity contribution in [2.75, 3.05) is 6.61 Å². The fourth-order valence-electron chi connectivity index (χ4n) is 1.65. The van der Waals surface area contributed by atoms with Crippen LogP contribution >= 0.6 is 0 Å². The van der Waals surface area contributed by atoms with E-state index in [0.29, 0.717) is 12.5 Å². The molecule has 2 nitrogen and oxygen atoms in total. The number of rotatable bonds is 5. The second-order valence-electron chi connectivity index (χ2n) is 6.41. The number of benzene rings is 1. The summed E-state index contributed by atoms with van der Waals surface area (Å²) >= 11 is 0. The van der Waals surface area contributed by atoms with Gasteiger partial charge in [0.2, 0.25) is 0 Å². The molecule has 0 saturated heterocycles. The number of nitrogens with two attached hydrogens (primary N) is 1. The third kappa shape index (κ3) is 4.11. The monoisotopic (exact) mass is 249 g/mol. The number of hydrogen-bond acceptors (Lipinski definition) is 2. The van der Waals surface area contributed by atoms with Crippen molar-refractivity contribution in [1.82, 2.24) is 0 Å². The molecule has 0 fully saturated rings. The van der Waals surface area contributed by atoms with Gasteiger partial charge in [-0.05, 0) is 46.1 Å².